The molecule has 0 saturated heterocycles. The maximum Gasteiger partial charge on any atom is 0.312 e. The average molecular weight is 397 g/mol. The molecule has 1 N–H and O–H groups in total. The van der Waals surface area contributed by atoms with Crippen LogP contribution in [-0.4, -0.2) is 29.5 Å². The number of carbonyl (C=O) groups is 2. The Morgan fingerprint density at radius 3 is 2.91 bits per heavy atom. The second-order valence-electron chi connectivity index (χ2n) is 4.86. The summed E-state index contributed by atoms with van der Waals surface area (Å²) in [4.78, 5) is 27.9. The van der Waals surface area contributed by atoms with Crippen LogP contribution in [0.25, 0.3) is 10.6 Å². The summed E-state index contributed by atoms with van der Waals surface area (Å²) in [6, 6.07) is 7.81. The lowest BCUT2D eigenvalue weighted by Gasteiger charge is -2.11. The van der Waals surface area contributed by atoms with Crippen molar-refractivity contribution in [2.45, 2.75) is 26.4 Å². The minimum atomic E-state index is -0.800. The predicted molar refractivity (Wildman–Crippen MR) is 93.2 cm³/mol. The zero-order valence-electron chi connectivity index (χ0n) is 12.8. The van der Waals surface area contributed by atoms with Crippen molar-refractivity contribution in [1.29, 1.82) is 0 Å². The second kappa shape index (κ2) is 8.21. The van der Waals surface area contributed by atoms with Crippen molar-refractivity contribution < 1.29 is 14.3 Å². The van der Waals surface area contributed by atoms with Crippen LogP contribution >= 0.6 is 27.3 Å². The number of nitrogens with zero attached hydrogens (tertiary/aromatic N) is 1. The summed E-state index contributed by atoms with van der Waals surface area (Å²) in [7, 11) is 0. The van der Waals surface area contributed by atoms with E-state index in [0.717, 1.165) is 15.0 Å². The number of benzene rings is 1. The molecule has 1 aromatic carbocycles. The lowest BCUT2D eigenvalue weighted by molar-refractivity contribution is -0.154. The highest BCUT2D eigenvalue weighted by Gasteiger charge is 2.18. The molecule has 0 aliphatic carbocycles. The molecule has 0 unspecified atom stereocenters. The van der Waals surface area contributed by atoms with Gasteiger partial charge in [-0.25, -0.2) is 4.98 Å². The molecule has 0 aliphatic rings. The third-order valence-electron chi connectivity index (χ3n) is 2.98. The van der Waals surface area contributed by atoms with Crippen molar-refractivity contribution in [1.82, 2.24) is 10.3 Å². The summed E-state index contributed by atoms with van der Waals surface area (Å²) >= 11 is 4.89. The molecular formula is C16H17BrN2O3S. The van der Waals surface area contributed by atoms with Gasteiger partial charge in [0.15, 0.2) is 6.10 Å². The van der Waals surface area contributed by atoms with Gasteiger partial charge in [0, 0.05) is 22.0 Å². The van der Waals surface area contributed by atoms with Gasteiger partial charge in [-0.05, 0) is 26.0 Å². The van der Waals surface area contributed by atoms with Crippen molar-refractivity contribution in [3.63, 3.8) is 0 Å². The number of thiazole rings is 1. The molecule has 0 bridgehead atoms. The van der Waals surface area contributed by atoms with Gasteiger partial charge in [0.25, 0.3) is 5.91 Å². The molecule has 0 spiro atoms. The summed E-state index contributed by atoms with van der Waals surface area (Å²) < 4.78 is 6.08. The molecule has 1 heterocycles. The minimum absolute atomic E-state index is 0.0498. The number of hydrogen-bond acceptors (Lipinski definition) is 5. The minimum Gasteiger partial charge on any atom is -0.452 e. The van der Waals surface area contributed by atoms with Crippen molar-refractivity contribution in [2.24, 2.45) is 0 Å². The maximum atomic E-state index is 11.9. The number of likely N-dealkylation sites (N-methyl/N-ethyl adjacent to an activating group) is 1. The number of ether oxygens (including phenoxy) is 1. The second-order valence-corrected chi connectivity index (χ2v) is 6.63. The standard InChI is InChI=1S/C16H17BrN2O3S/c1-3-18-15(21)10(2)22-14(20)8-13-9-23-16(19-13)11-5-4-6-12(17)7-11/h4-7,9-10H,3,8H2,1-2H3,(H,18,21)/t10-/m1/s1. The van der Waals surface area contributed by atoms with Crippen molar-refractivity contribution in [3.05, 3.63) is 39.8 Å². The van der Waals surface area contributed by atoms with Gasteiger partial charge in [0.05, 0.1) is 12.1 Å². The van der Waals surface area contributed by atoms with Crippen LogP contribution in [0.2, 0.25) is 0 Å². The van der Waals surface area contributed by atoms with Crippen LogP contribution in [0.4, 0.5) is 0 Å². The molecule has 7 heteroatoms. The largest absolute Gasteiger partial charge is 0.452 e. The molecule has 2 rings (SSSR count). The van der Waals surface area contributed by atoms with E-state index in [0.29, 0.717) is 12.2 Å². The Morgan fingerprint density at radius 1 is 1.43 bits per heavy atom. The lowest BCUT2D eigenvalue weighted by Crippen LogP contribution is -2.35. The highest BCUT2D eigenvalue weighted by molar-refractivity contribution is 9.10. The third-order valence-corrected chi connectivity index (χ3v) is 4.41. The molecule has 2 aromatic rings. The van der Waals surface area contributed by atoms with E-state index in [1.807, 2.05) is 36.6 Å². The average Bonchev–Trinajstić information content (AvgIpc) is 2.95. The number of rotatable bonds is 6. The Bertz CT molecular complexity index is 702. The first-order valence-corrected chi connectivity index (χ1v) is 8.84. The fraction of sp³-hybridized carbons (Fsp3) is 0.312. The van der Waals surface area contributed by atoms with E-state index < -0.39 is 12.1 Å². The van der Waals surface area contributed by atoms with Crippen LogP contribution in [0.5, 0.6) is 0 Å². The van der Waals surface area contributed by atoms with Gasteiger partial charge in [-0.1, -0.05) is 28.1 Å². The van der Waals surface area contributed by atoms with E-state index in [2.05, 4.69) is 26.2 Å². The van der Waals surface area contributed by atoms with Crippen LogP contribution in [0.1, 0.15) is 19.5 Å². The van der Waals surface area contributed by atoms with E-state index in [1.54, 1.807) is 6.92 Å². The smallest absolute Gasteiger partial charge is 0.312 e. The molecular weight excluding hydrogens is 380 g/mol. The number of amides is 1. The van der Waals surface area contributed by atoms with Gasteiger partial charge in [0.2, 0.25) is 0 Å². The predicted octanol–water partition coefficient (Wildman–Crippen LogP) is 3.18. The van der Waals surface area contributed by atoms with Crippen LogP contribution in [0.3, 0.4) is 0 Å². The summed E-state index contributed by atoms with van der Waals surface area (Å²) in [5, 5.41) is 5.28. The van der Waals surface area contributed by atoms with Crippen LogP contribution in [0.15, 0.2) is 34.1 Å². The topological polar surface area (TPSA) is 68.3 Å². The van der Waals surface area contributed by atoms with Crippen LogP contribution in [0, 0.1) is 0 Å². The van der Waals surface area contributed by atoms with Crippen molar-refractivity contribution in [3.8, 4) is 10.6 Å². The molecule has 5 nitrogen and oxygen atoms in total. The molecule has 0 saturated carbocycles. The number of halogens is 1. The molecule has 122 valence electrons. The molecule has 1 amide bonds. The molecule has 1 atom stereocenters. The molecule has 0 fully saturated rings. The quantitative estimate of drug-likeness (QED) is 0.761. The molecule has 1 aromatic heterocycles. The number of carbonyl (C=O) groups excluding carboxylic acids is 2. The molecule has 0 aliphatic heterocycles. The number of hydrogen-bond donors (Lipinski definition) is 1. The summed E-state index contributed by atoms with van der Waals surface area (Å²) in [6.45, 7) is 3.87. The number of aromatic nitrogens is 1. The monoisotopic (exact) mass is 396 g/mol. The van der Waals surface area contributed by atoms with Gasteiger partial charge in [-0.15, -0.1) is 11.3 Å². The Labute approximate surface area is 147 Å². The lowest BCUT2D eigenvalue weighted by atomic mass is 10.2. The third kappa shape index (κ3) is 5.14. The zero-order valence-corrected chi connectivity index (χ0v) is 15.2. The first-order valence-electron chi connectivity index (χ1n) is 7.17. The van der Waals surface area contributed by atoms with Crippen molar-refractivity contribution in [2.75, 3.05) is 6.54 Å². The fourth-order valence-corrected chi connectivity index (χ4v) is 3.12. The van der Waals surface area contributed by atoms with E-state index in [4.69, 9.17) is 4.74 Å². The van der Waals surface area contributed by atoms with E-state index in [1.165, 1.54) is 11.3 Å². The maximum absolute atomic E-state index is 11.9. The number of nitrogens with one attached hydrogen (secondary N) is 1. The van der Waals surface area contributed by atoms with Gasteiger partial charge >= 0.3 is 5.97 Å². The van der Waals surface area contributed by atoms with E-state index in [-0.39, 0.29) is 12.3 Å². The number of esters is 1. The SMILES string of the molecule is CCNC(=O)[C@@H](C)OC(=O)Cc1csc(-c2cccc(Br)c2)n1. The van der Waals surface area contributed by atoms with Crippen LogP contribution < -0.4 is 5.32 Å². The van der Waals surface area contributed by atoms with Gasteiger partial charge < -0.3 is 10.1 Å². The first-order chi connectivity index (χ1) is 11.0. The van der Waals surface area contributed by atoms with Crippen molar-refractivity contribution >= 4 is 39.1 Å². The van der Waals surface area contributed by atoms with Crippen LogP contribution in [-0.2, 0) is 20.7 Å². The van der Waals surface area contributed by atoms with Gasteiger partial charge in [-0.2, -0.15) is 0 Å². The molecule has 23 heavy (non-hydrogen) atoms. The molecule has 0 radical (unpaired) electrons. The normalized spacial score (nSPS) is 11.8. The fourth-order valence-electron chi connectivity index (χ4n) is 1.90. The highest BCUT2D eigenvalue weighted by Crippen LogP contribution is 2.26. The van der Waals surface area contributed by atoms with E-state index >= 15 is 0 Å². The zero-order chi connectivity index (χ0) is 16.8. The summed E-state index contributed by atoms with van der Waals surface area (Å²) in [6.07, 6.45) is -0.750. The Morgan fingerprint density at radius 2 is 2.22 bits per heavy atom. The van der Waals surface area contributed by atoms with E-state index in [9.17, 15) is 9.59 Å². The Hall–Kier alpha value is -1.73. The summed E-state index contributed by atoms with van der Waals surface area (Å²) in [5.41, 5.74) is 1.62. The van der Waals surface area contributed by atoms with Gasteiger partial charge in [0.1, 0.15) is 5.01 Å². The highest BCUT2D eigenvalue weighted by atomic mass is 79.9. The van der Waals surface area contributed by atoms with Gasteiger partial charge in [-0.3, -0.25) is 9.59 Å². The summed E-state index contributed by atoms with van der Waals surface area (Å²) in [5.74, 6) is -0.760. The Balaban J connectivity index is 1.96. The Kier molecular flexibility index (Phi) is 6.29. The first kappa shape index (κ1) is 17.6.